The fourth-order valence-electron chi connectivity index (χ4n) is 2.21. The van der Waals surface area contributed by atoms with Gasteiger partial charge >= 0.3 is 5.97 Å². The Morgan fingerprint density at radius 2 is 2.05 bits per heavy atom. The van der Waals surface area contributed by atoms with Gasteiger partial charge in [-0.3, -0.25) is 4.79 Å². The molecule has 1 aromatic carbocycles. The van der Waals surface area contributed by atoms with Crippen LogP contribution in [0.2, 0.25) is 0 Å². The third-order valence-electron chi connectivity index (χ3n) is 3.59. The predicted molar refractivity (Wildman–Crippen MR) is 75.2 cm³/mol. The first kappa shape index (κ1) is 14.3. The first-order chi connectivity index (χ1) is 9.31. The quantitative estimate of drug-likeness (QED) is 0.677. The van der Waals surface area contributed by atoms with Crippen LogP contribution in [0.25, 0.3) is 0 Å². The van der Waals surface area contributed by atoms with Crippen molar-refractivity contribution in [3.8, 4) is 5.75 Å². The lowest BCUT2D eigenvalue weighted by Gasteiger charge is -2.12. The van der Waals surface area contributed by atoms with Crippen LogP contribution >= 0.6 is 0 Å². The van der Waals surface area contributed by atoms with Crippen LogP contribution in [-0.4, -0.2) is 23.0 Å². The Labute approximate surface area is 118 Å². The molecule has 0 amide bonds. The second kappa shape index (κ2) is 5.12. The summed E-state index contributed by atoms with van der Waals surface area (Å²) in [5.41, 5.74) is 2.68. The lowest BCUT2D eigenvalue weighted by molar-refractivity contribution is -0.144. The lowest BCUT2D eigenvalue weighted by Crippen LogP contribution is -2.24. The number of ketones is 1. The third-order valence-corrected chi connectivity index (χ3v) is 3.59. The Hall–Kier alpha value is -2.10. The number of fused-ring (bicyclic) bond motifs is 1. The van der Waals surface area contributed by atoms with Gasteiger partial charge in [-0.25, -0.2) is 4.79 Å². The normalized spacial score (nSPS) is 16.7. The van der Waals surface area contributed by atoms with Crippen molar-refractivity contribution in [1.82, 2.24) is 0 Å². The second-order valence-electron chi connectivity index (χ2n) is 5.43. The highest BCUT2D eigenvalue weighted by Gasteiger charge is 2.30. The van der Waals surface area contributed by atoms with Gasteiger partial charge in [0, 0.05) is 12.0 Å². The molecule has 20 heavy (non-hydrogen) atoms. The van der Waals surface area contributed by atoms with E-state index in [-0.39, 0.29) is 11.7 Å². The maximum Gasteiger partial charge on any atom is 0.345 e. The molecule has 4 nitrogen and oxygen atoms in total. The van der Waals surface area contributed by atoms with E-state index in [4.69, 9.17) is 9.84 Å². The second-order valence-corrected chi connectivity index (χ2v) is 5.43. The number of allylic oxidation sites excluding steroid dienone is 1. The first-order valence-corrected chi connectivity index (χ1v) is 6.57. The molecular weight excluding hydrogens is 256 g/mol. The van der Waals surface area contributed by atoms with Crippen molar-refractivity contribution in [2.75, 3.05) is 0 Å². The number of hydrogen-bond acceptors (Lipinski definition) is 3. The van der Waals surface area contributed by atoms with Crippen LogP contribution in [0.5, 0.6) is 5.75 Å². The van der Waals surface area contributed by atoms with Crippen molar-refractivity contribution in [3.05, 3.63) is 41.0 Å². The van der Waals surface area contributed by atoms with Crippen molar-refractivity contribution < 1.29 is 19.4 Å². The molecule has 0 aromatic heterocycles. The van der Waals surface area contributed by atoms with Crippen LogP contribution in [0.1, 0.15) is 35.3 Å². The lowest BCUT2D eigenvalue weighted by atomic mass is 9.91. The molecule has 1 N–H and O–H groups in total. The number of carbonyl (C=O) groups excluding carboxylic acids is 1. The van der Waals surface area contributed by atoms with Gasteiger partial charge in [0.05, 0.1) is 0 Å². The van der Waals surface area contributed by atoms with Gasteiger partial charge in [-0.2, -0.15) is 0 Å². The Morgan fingerprint density at radius 1 is 1.40 bits per heavy atom. The van der Waals surface area contributed by atoms with Gasteiger partial charge in [-0.15, -0.1) is 0 Å². The minimum atomic E-state index is -0.988. The maximum atomic E-state index is 12.4. The summed E-state index contributed by atoms with van der Waals surface area (Å²) in [6.45, 7) is 9.50. The summed E-state index contributed by atoms with van der Waals surface area (Å²) in [6, 6.07) is 3.47. The number of carboxylic acid groups (broad SMARTS) is 1. The molecule has 1 heterocycles. The van der Waals surface area contributed by atoms with Crippen LogP contribution in [0.4, 0.5) is 0 Å². The number of carbonyl (C=O) groups is 2. The molecule has 4 heteroatoms. The predicted octanol–water partition coefficient (Wildman–Crippen LogP) is 2.78. The summed E-state index contributed by atoms with van der Waals surface area (Å²) in [4.78, 5) is 23.3. The van der Waals surface area contributed by atoms with E-state index in [1.165, 1.54) is 0 Å². The van der Waals surface area contributed by atoms with Gasteiger partial charge < -0.3 is 9.84 Å². The molecule has 0 saturated heterocycles. The zero-order valence-electron chi connectivity index (χ0n) is 11.9. The summed E-state index contributed by atoms with van der Waals surface area (Å²) >= 11 is 0. The third kappa shape index (κ3) is 2.46. The number of benzene rings is 1. The minimum Gasteiger partial charge on any atom is -0.478 e. The number of Topliss-reactive ketones (excluding diaryl/α,β-unsaturated/α-hetero) is 1. The summed E-state index contributed by atoms with van der Waals surface area (Å²) in [7, 11) is 0. The van der Waals surface area contributed by atoms with Crippen LogP contribution < -0.4 is 4.74 Å². The van der Waals surface area contributed by atoms with Gasteiger partial charge in [-0.05, 0) is 41.7 Å². The molecule has 1 aromatic rings. The molecule has 0 radical (unpaired) electrons. The zero-order valence-corrected chi connectivity index (χ0v) is 11.9. The summed E-state index contributed by atoms with van der Waals surface area (Å²) in [6.07, 6.45) is -0.567. The highest BCUT2D eigenvalue weighted by molar-refractivity contribution is 6.09. The van der Waals surface area contributed by atoms with Crippen molar-refractivity contribution in [3.63, 3.8) is 0 Å². The number of aliphatic carboxylic acids is 1. The average Bonchev–Trinajstić information content (AvgIpc) is 2.78. The number of hydrogen-bond donors (Lipinski definition) is 1. The molecule has 1 unspecified atom stereocenters. The molecule has 0 saturated carbocycles. The Bertz CT molecular complexity index is 599. The molecule has 2 rings (SSSR count). The summed E-state index contributed by atoms with van der Waals surface area (Å²) in [5, 5.41) is 8.99. The maximum absolute atomic E-state index is 12.4. The largest absolute Gasteiger partial charge is 0.478 e. The van der Waals surface area contributed by atoms with E-state index >= 15 is 0 Å². The molecule has 1 aliphatic heterocycles. The molecular formula is C16H18O4. The summed E-state index contributed by atoms with van der Waals surface area (Å²) < 4.78 is 5.36. The van der Waals surface area contributed by atoms with E-state index < -0.39 is 12.1 Å². The molecule has 0 aliphatic carbocycles. The van der Waals surface area contributed by atoms with E-state index in [0.29, 0.717) is 23.3 Å². The van der Waals surface area contributed by atoms with Crippen LogP contribution in [0.15, 0.2) is 24.3 Å². The Kier molecular flexibility index (Phi) is 3.66. The van der Waals surface area contributed by atoms with E-state index in [0.717, 1.165) is 11.1 Å². The Balaban J connectivity index is 2.36. The van der Waals surface area contributed by atoms with Gasteiger partial charge in [0.15, 0.2) is 11.9 Å². The standard InChI is InChI=1S/C16H18O4/c1-8(2)10(4)15(17)12-6-11-7-14(16(18)19)20-13(11)5-9(12)3/h5-6,8,14H,4,7H2,1-3H3,(H,18,19). The van der Waals surface area contributed by atoms with Crippen LogP contribution in [0, 0.1) is 12.8 Å². The molecule has 1 atom stereocenters. The van der Waals surface area contributed by atoms with Crippen molar-refractivity contribution in [1.29, 1.82) is 0 Å². The fourth-order valence-corrected chi connectivity index (χ4v) is 2.21. The first-order valence-electron chi connectivity index (χ1n) is 6.57. The van der Waals surface area contributed by atoms with Crippen molar-refractivity contribution in [2.45, 2.75) is 33.3 Å². The van der Waals surface area contributed by atoms with Gasteiger partial charge in [0.2, 0.25) is 0 Å². The van der Waals surface area contributed by atoms with Crippen LogP contribution in [-0.2, 0) is 11.2 Å². The number of aryl methyl sites for hydroxylation is 1. The fraction of sp³-hybridized carbons (Fsp3) is 0.375. The van der Waals surface area contributed by atoms with E-state index in [1.807, 2.05) is 20.8 Å². The topological polar surface area (TPSA) is 63.6 Å². The monoisotopic (exact) mass is 274 g/mol. The highest BCUT2D eigenvalue weighted by Crippen LogP contribution is 2.33. The average molecular weight is 274 g/mol. The van der Waals surface area contributed by atoms with Gasteiger partial charge in [0.1, 0.15) is 5.75 Å². The van der Waals surface area contributed by atoms with Crippen molar-refractivity contribution in [2.24, 2.45) is 5.92 Å². The number of ether oxygens (including phenoxy) is 1. The van der Waals surface area contributed by atoms with E-state index in [2.05, 4.69) is 6.58 Å². The molecule has 0 spiro atoms. The zero-order chi connectivity index (χ0) is 15.0. The molecule has 106 valence electrons. The van der Waals surface area contributed by atoms with Crippen LogP contribution in [0.3, 0.4) is 0 Å². The van der Waals surface area contributed by atoms with E-state index in [1.54, 1.807) is 12.1 Å². The highest BCUT2D eigenvalue weighted by atomic mass is 16.5. The number of carboxylic acids is 1. The van der Waals surface area contributed by atoms with Crippen molar-refractivity contribution >= 4 is 11.8 Å². The van der Waals surface area contributed by atoms with Gasteiger partial charge in [-0.1, -0.05) is 20.4 Å². The Morgan fingerprint density at radius 3 is 2.60 bits per heavy atom. The smallest absolute Gasteiger partial charge is 0.345 e. The minimum absolute atomic E-state index is 0.0816. The number of rotatable bonds is 4. The molecule has 0 fully saturated rings. The van der Waals surface area contributed by atoms with E-state index in [9.17, 15) is 9.59 Å². The molecule has 0 bridgehead atoms. The SMILES string of the molecule is C=C(C(=O)c1cc2c(cc1C)OC(C(=O)O)C2)C(C)C. The molecule has 1 aliphatic rings. The summed E-state index contributed by atoms with van der Waals surface area (Å²) in [5.74, 6) is -0.433. The van der Waals surface area contributed by atoms with Gasteiger partial charge in [0.25, 0.3) is 0 Å².